The zero-order valence-electron chi connectivity index (χ0n) is 8.61. The average molecular weight is 197 g/mol. The van der Waals surface area contributed by atoms with Crippen LogP contribution in [0.25, 0.3) is 0 Å². The Morgan fingerprint density at radius 3 is 2.57 bits per heavy atom. The minimum Gasteiger partial charge on any atom is -0.378 e. The van der Waals surface area contributed by atoms with E-state index < -0.39 is 0 Å². The average Bonchev–Trinajstić information content (AvgIpc) is 2.32. The first-order valence-electron chi connectivity index (χ1n) is 5.71. The van der Waals surface area contributed by atoms with Gasteiger partial charge in [-0.2, -0.15) is 0 Å². The molecule has 4 fully saturated rings. The zero-order chi connectivity index (χ0) is 9.38. The second-order valence-corrected chi connectivity index (χ2v) is 4.54. The van der Waals surface area contributed by atoms with E-state index in [1.807, 2.05) is 0 Å². The Kier molecular flexibility index (Phi) is 2.45. The first-order chi connectivity index (χ1) is 6.93. The van der Waals surface area contributed by atoms with Crippen molar-refractivity contribution in [3.8, 4) is 0 Å². The molecule has 2 atom stereocenters. The lowest BCUT2D eigenvalue weighted by Crippen LogP contribution is -2.68. The predicted molar refractivity (Wildman–Crippen MR) is 54.4 cm³/mol. The fourth-order valence-corrected chi connectivity index (χ4v) is 2.87. The van der Waals surface area contributed by atoms with E-state index in [0.717, 1.165) is 19.8 Å². The van der Waals surface area contributed by atoms with E-state index in [-0.39, 0.29) is 0 Å². The summed E-state index contributed by atoms with van der Waals surface area (Å²) in [5.41, 5.74) is 0. The second-order valence-electron chi connectivity index (χ2n) is 4.54. The molecule has 0 saturated carbocycles. The molecule has 0 amide bonds. The summed E-state index contributed by atoms with van der Waals surface area (Å²) in [7, 11) is 0. The van der Waals surface area contributed by atoms with Crippen molar-refractivity contribution in [1.82, 2.24) is 15.1 Å². The van der Waals surface area contributed by atoms with E-state index >= 15 is 0 Å². The number of nitrogens with one attached hydrogen (secondary N) is 1. The minimum absolute atomic E-state index is 0.562. The van der Waals surface area contributed by atoms with Gasteiger partial charge < -0.3 is 10.1 Å². The van der Waals surface area contributed by atoms with Crippen molar-refractivity contribution >= 4 is 0 Å². The molecule has 4 aliphatic heterocycles. The van der Waals surface area contributed by atoms with Crippen LogP contribution in [-0.4, -0.2) is 74.4 Å². The number of piperazine rings is 3. The van der Waals surface area contributed by atoms with Crippen molar-refractivity contribution < 1.29 is 4.74 Å². The second kappa shape index (κ2) is 3.77. The van der Waals surface area contributed by atoms with Gasteiger partial charge in [0.15, 0.2) is 0 Å². The van der Waals surface area contributed by atoms with Gasteiger partial charge in [0.25, 0.3) is 0 Å². The third-order valence-electron chi connectivity index (χ3n) is 3.74. The summed E-state index contributed by atoms with van der Waals surface area (Å²) < 4.78 is 5.54. The van der Waals surface area contributed by atoms with Crippen LogP contribution < -0.4 is 5.32 Å². The molecule has 0 radical (unpaired) electrons. The van der Waals surface area contributed by atoms with Crippen LogP contribution in [0.4, 0.5) is 0 Å². The number of morpholine rings is 1. The summed E-state index contributed by atoms with van der Waals surface area (Å²) in [6.07, 6.45) is 0. The Bertz CT molecular complexity index is 198. The standard InChI is InChI=1S/C10H19N3O/c1-6-14-8-9(11-1)10-7-12-2-4-13(10)5-3-12/h9-11H,1-8H2. The van der Waals surface area contributed by atoms with Crippen molar-refractivity contribution in [3.63, 3.8) is 0 Å². The molecule has 0 aromatic carbocycles. The Balaban J connectivity index is 1.66. The number of fused-ring (bicyclic) bond motifs is 3. The molecule has 0 aromatic heterocycles. The van der Waals surface area contributed by atoms with Gasteiger partial charge in [0.05, 0.1) is 13.2 Å². The van der Waals surface area contributed by atoms with Crippen LogP contribution in [0.5, 0.6) is 0 Å². The SMILES string of the molecule is C1COCC(C2CN3CCN2CC3)N1. The lowest BCUT2D eigenvalue weighted by atomic mass is 10.00. The Hall–Kier alpha value is -0.160. The molecule has 4 aliphatic rings. The van der Waals surface area contributed by atoms with E-state index in [9.17, 15) is 0 Å². The molecule has 14 heavy (non-hydrogen) atoms. The molecular formula is C10H19N3O. The first-order valence-corrected chi connectivity index (χ1v) is 5.71. The van der Waals surface area contributed by atoms with Crippen LogP contribution in [0.15, 0.2) is 0 Å². The summed E-state index contributed by atoms with van der Waals surface area (Å²) in [4.78, 5) is 5.22. The van der Waals surface area contributed by atoms with Gasteiger partial charge >= 0.3 is 0 Å². The molecule has 2 bridgehead atoms. The van der Waals surface area contributed by atoms with Crippen LogP contribution in [-0.2, 0) is 4.74 Å². The van der Waals surface area contributed by atoms with Gasteiger partial charge in [-0.05, 0) is 0 Å². The normalized spacial score (nSPS) is 48.0. The summed E-state index contributed by atoms with van der Waals surface area (Å²) >= 11 is 0. The minimum atomic E-state index is 0.562. The molecular weight excluding hydrogens is 178 g/mol. The van der Waals surface area contributed by atoms with E-state index in [4.69, 9.17) is 4.74 Å². The van der Waals surface area contributed by atoms with Gasteiger partial charge in [0.1, 0.15) is 0 Å². The van der Waals surface area contributed by atoms with Gasteiger partial charge in [-0.25, -0.2) is 0 Å². The van der Waals surface area contributed by atoms with Crippen molar-refractivity contribution in [2.24, 2.45) is 0 Å². The molecule has 4 saturated heterocycles. The quantitative estimate of drug-likeness (QED) is 0.582. The van der Waals surface area contributed by atoms with E-state index in [1.165, 1.54) is 32.7 Å². The number of hydrogen-bond donors (Lipinski definition) is 1. The van der Waals surface area contributed by atoms with Crippen molar-refractivity contribution in [2.75, 3.05) is 52.5 Å². The van der Waals surface area contributed by atoms with Gasteiger partial charge in [-0.3, -0.25) is 9.80 Å². The number of rotatable bonds is 1. The maximum Gasteiger partial charge on any atom is 0.0636 e. The molecule has 4 rings (SSSR count). The third kappa shape index (κ3) is 1.56. The monoisotopic (exact) mass is 197 g/mol. The van der Waals surface area contributed by atoms with Crippen LogP contribution in [0.3, 0.4) is 0 Å². The highest BCUT2D eigenvalue weighted by Crippen LogP contribution is 2.19. The van der Waals surface area contributed by atoms with Crippen LogP contribution in [0.1, 0.15) is 0 Å². The molecule has 0 spiro atoms. The highest BCUT2D eigenvalue weighted by molar-refractivity contribution is 4.95. The Morgan fingerprint density at radius 1 is 1.14 bits per heavy atom. The van der Waals surface area contributed by atoms with Gasteiger partial charge in [-0.15, -0.1) is 0 Å². The Morgan fingerprint density at radius 2 is 2.00 bits per heavy atom. The zero-order valence-corrected chi connectivity index (χ0v) is 8.61. The van der Waals surface area contributed by atoms with Gasteiger partial charge in [0, 0.05) is 51.4 Å². The van der Waals surface area contributed by atoms with E-state index in [2.05, 4.69) is 15.1 Å². The molecule has 0 aliphatic carbocycles. The molecule has 80 valence electrons. The van der Waals surface area contributed by atoms with E-state index in [1.54, 1.807) is 0 Å². The fraction of sp³-hybridized carbons (Fsp3) is 1.00. The number of hydrogen-bond acceptors (Lipinski definition) is 4. The largest absolute Gasteiger partial charge is 0.378 e. The predicted octanol–water partition coefficient (Wildman–Crippen LogP) is -1.03. The fourth-order valence-electron chi connectivity index (χ4n) is 2.87. The first kappa shape index (κ1) is 9.09. The summed E-state index contributed by atoms with van der Waals surface area (Å²) in [6.45, 7) is 9.08. The lowest BCUT2D eigenvalue weighted by molar-refractivity contribution is -0.0338. The smallest absolute Gasteiger partial charge is 0.0636 e. The van der Waals surface area contributed by atoms with Crippen LogP contribution in [0, 0.1) is 0 Å². The van der Waals surface area contributed by atoms with Crippen molar-refractivity contribution in [2.45, 2.75) is 12.1 Å². The van der Waals surface area contributed by atoms with Crippen molar-refractivity contribution in [3.05, 3.63) is 0 Å². The van der Waals surface area contributed by atoms with Crippen LogP contribution in [0.2, 0.25) is 0 Å². The van der Waals surface area contributed by atoms with Crippen LogP contribution >= 0.6 is 0 Å². The van der Waals surface area contributed by atoms with Gasteiger partial charge in [-0.1, -0.05) is 0 Å². The Labute approximate surface area is 85.2 Å². The van der Waals surface area contributed by atoms with E-state index in [0.29, 0.717) is 12.1 Å². The summed E-state index contributed by atoms with van der Waals surface area (Å²) in [5.74, 6) is 0. The highest BCUT2D eigenvalue weighted by atomic mass is 16.5. The molecule has 0 aromatic rings. The maximum atomic E-state index is 5.54. The molecule has 4 heteroatoms. The topological polar surface area (TPSA) is 27.7 Å². The maximum absolute atomic E-state index is 5.54. The highest BCUT2D eigenvalue weighted by Gasteiger charge is 2.37. The number of ether oxygens (including phenoxy) is 1. The lowest BCUT2D eigenvalue weighted by Gasteiger charge is -2.50. The van der Waals surface area contributed by atoms with Crippen molar-refractivity contribution in [1.29, 1.82) is 0 Å². The molecule has 2 unspecified atom stereocenters. The third-order valence-corrected chi connectivity index (χ3v) is 3.74. The van der Waals surface area contributed by atoms with Gasteiger partial charge in [0.2, 0.25) is 0 Å². The summed E-state index contributed by atoms with van der Waals surface area (Å²) in [6, 6.07) is 1.25. The molecule has 1 N–H and O–H groups in total. The molecule has 4 heterocycles. The molecule has 4 nitrogen and oxygen atoms in total. The summed E-state index contributed by atoms with van der Waals surface area (Å²) in [5, 5.41) is 3.58. The number of nitrogens with zero attached hydrogens (tertiary/aromatic N) is 2.